The first-order valence-corrected chi connectivity index (χ1v) is 5.42. The van der Waals surface area contributed by atoms with E-state index in [0.717, 1.165) is 11.1 Å². The minimum Gasteiger partial charge on any atom is -0.460 e. The van der Waals surface area contributed by atoms with Crippen LogP contribution in [0.2, 0.25) is 0 Å². The number of hydrogen-bond acceptors (Lipinski definition) is 4. The number of ether oxygens (including phenoxy) is 1. The van der Waals surface area contributed by atoms with Gasteiger partial charge in [0.1, 0.15) is 5.69 Å². The summed E-state index contributed by atoms with van der Waals surface area (Å²) < 4.78 is 9.80. The average Bonchev–Trinajstić information content (AvgIpc) is 2.79. The molecule has 1 heterocycles. The van der Waals surface area contributed by atoms with Gasteiger partial charge in [-0.05, 0) is 19.4 Å². The predicted molar refractivity (Wildman–Crippen MR) is 62.6 cm³/mol. The van der Waals surface area contributed by atoms with Crippen LogP contribution in [0.1, 0.15) is 23.0 Å². The van der Waals surface area contributed by atoms with Crippen molar-refractivity contribution < 1.29 is 14.1 Å². The topological polar surface area (TPSA) is 52.3 Å². The van der Waals surface area contributed by atoms with Crippen molar-refractivity contribution in [3.63, 3.8) is 0 Å². The van der Waals surface area contributed by atoms with Crippen molar-refractivity contribution in [1.82, 2.24) is 5.16 Å². The van der Waals surface area contributed by atoms with Crippen LogP contribution >= 0.6 is 0 Å². The Morgan fingerprint density at radius 2 is 2.18 bits per heavy atom. The molecule has 0 aliphatic heterocycles. The molecule has 0 amide bonds. The largest absolute Gasteiger partial charge is 0.460 e. The Morgan fingerprint density at radius 1 is 1.41 bits per heavy atom. The zero-order valence-electron chi connectivity index (χ0n) is 9.77. The summed E-state index contributed by atoms with van der Waals surface area (Å²) in [5.74, 6) is -0.357. The molecule has 0 aliphatic rings. The van der Waals surface area contributed by atoms with Crippen molar-refractivity contribution in [3.8, 4) is 11.3 Å². The van der Waals surface area contributed by atoms with Crippen molar-refractivity contribution in [2.24, 2.45) is 0 Å². The summed E-state index contributed by atoms with van der Waals surface area (Å²) in [7, 11) is 0. The number of nitrogens with zero attached hydrogens (tertiary/aromatic N) is 1. The number of aryl methyl sites for hydroxylation is 1. The number of aromatic nitrogens is 1. The van der Waals surface area contributed by atoms with E-state index in [1.54, 1.807) is 13.0 Å². The number of rotatable bonds is 3. The van der Waals surface area contributed by atoms with Gasteiger partial charge in [0, 0.05) is 11.6 Å². The minimum absolute atomic E-state index is 0.130. The van der Waals surface area contributed by atoms with Crippen LogP contribution in [0.25, 0.3) is 11.3 Å². The minimum atomic E-state index is -0.486. The molecule has 4 nitrogen and oxygen atoms in total. The quantitative estimate of drug-likeness (QED) is 0.762. The molecule has 0 saturated carbocycles. The standard InChI is InChI=1S/C13H13NO3/c1-3-16-13(15)12-8-11(14-17-12)10-7-5-4-6-9(10)2/h4-8H,3H2,1-2H3. The van der Waals surface area contributed by atoms with Crippen LogP contribution in [-0.2, 0) is 4.74 Å². The van der Waals surface area contributed by atoms with Gasteiger partial charge in [0.15, 0.2) is 0 Å². The van der Waals surface area contributed by atoms with Crippen LogP contribution in [0.3, 0.4) is 0 Å². The van der Waals surface area contributed by atoms with Gasteiger partial charge in [-0.3, -0.25) is 0 Å². The highest BCUT2D eigenvalue weighted by atomic mass is 16.6. The summed E-state index contributed by atoms with van der Waals surface area (Å²) in [5, 5.41) is 3.87. The molecule has 0 atom stereocenters. The van der Waals surface area contributed by atoms with Crippen molar-refractivity contribution in [3.05, 3.63) is 41.7 Å². The van der Waals surface area contributed by atoms with Crippen LogP contribution in [0.4, 0.5) is 0 Å². The van der Waals surface area contributed by atoms with E-state index in [1.165, 1.54) is 0 Å². The molecule has 2 rings (SSSR count). The van der Waals surface area contributed by atoms with E-state index in [1.807, 2.05) is 31.2 Å². The molecule has 1 aromatic heterocycles. The molecule has 0 radical (unpaired) electrons. The Kier molecular flexibility index (Phi) is 3.23. The molecule has 4 heteroatoms. The molecule has 0 unspecified atom stereocenters. The van der Waals surface area contributed by atoms with E-state index in [4.69, 9.17) is 9.26 Å². The number of carbonyl (C=O) groups excluding carboxylic acids is 1. The summed E-state index contributed by atoms with van der Waals surface area (Å²) >= 11 is 0. The van der Waals surface area contributed by atoms with Gasteiger partial charge in [-0.15, -0.1) is 0 Å². The highest BCUT2D eigenvalue weighted by molar-refractivity contribution is 5.87. The first kappa shape index (κ1) is 11.4. The fourth-order valence-corrected chi connectivity index (χ4v) is 1.56. The van der Waals surface area contributed by atoms with Gasteiger partial charge < -0.3 is 9.26 Å². The average molecular weight is 231 g/mol. The molecule has 88 valence electrons. The molecule has 0 bridgehead atoms. The Labute approximate surface area is 99.2 Å². The molecule has 0 fully saturated rings. The Balaban J connectivity index is 2.30. The van der Waals surface area contributed by atoms with Crippen LogP contribution in [-0.4, -0.2) is 17.7 Å². The highest BCUT2D eigenvalue weighted by Gasteiger charge is 2.15. The fourth-order valence-electron chi connectivity index (χ4n) is 1.56. The van der Waals surface area contributed by atoms with E-state index in [9.17, 15) is 4.79 Å². The maximum atomic E-state index is 11.4. The summed E-state index contributed by atoms with van der Waals surface area (Å²) in [5.41, 5.74) is 2.68. The highest BCUT2D eigenvalue weighted by Crippen LogP contribution is 2.22. The van der Waals surface area contributed by atoms with E-state index in [0.29, 0.717) is 12.3 Å². The number of benzene rings is 1. The molecular weight excluding hydrogens is 218 g/mol. The SMILES string of the molecule is CCOC(=O)c1cc(-c2ccccc2C)no1. The van der Waals surface area contributed by atoms with Crippen LogP contribution in [0.5, 0.6) is 0 Å². The van der Waals surface area contributed by atoms with Gasteiger partial charge in [-0.1, -0.05) is 29.4 Å². The molecule has 0 N–H and O–H groups in total. The summed E-state index contributed by atoms with van der Waals surface area (Å²) in [6.45, 7) is 4.05. The van der Waals surface area contributed by atoms with Gasteiger partial charge in [-0.25, -0.2) is 4.79 Å². The monoisotopic (exact) mass is 231 g/mol. The maximum Gasteiger partial charge on any atom is 0.377 e. The van der Waals surface area contributed by atoms with E-state index in [-0.39, 0.29) is 5.76 Å². The molecule has 1 aromatic carbocycles. The fraction of sp³-hybridized carbons (Fsp3) is 0.231. The summed E-state index contributed by atoms with van der Waals surface area (Å²) in [4.78, 5) is 11.4. The van der Waals surface area contributed by atoms with Crippen molar-refractivity contribution in [1.29, 1.82) is 0 Å². The Hall–Kier alpha value is -2.10. The van der Waals surface area contributed by atoms with Crippen molar-refractivity contribution in [2.45, 2.75) is 13.8 Å². The second kappa shape index (κ2) is 4.82. The van der Waals surface area contributed by atoms with Gasteiger partial charge in [0.2, 0.25) is 5.76 Å². The molecular formula is C13H13NO3. The molecule has 2 aromatic rings. The zero-order chi connectivity index (χ0) is 12.3. The normalized spacial score (nSPS) is 10.2. The third-order valence-corrected chi connectivity index (χ3v) is 2.41. The Morgan fingerprint density at radius 3 is 2.88 bits per heavy atom. The number of hydrogen-bond donors (Lipinski definition) is 0. The lowest BCUT2D eigenvalue weighted by Crippen LogP contribution is -2.02. The molecule has 0 spiro atoms. The maximum absolute atomic E-state index is 11.4. The van der Waals surface area contributed by atoms with Gasteiger partial charge in [0.25, 0.3) is 0 Å². The predicted octanol–water partition coefficient (Wildman–Crippen LogP) is 2.83. The number of carbonyl (C=O) groups is 1. The molecule has 0 aliphatic carbocycles. The van der Waals surface area contributed by atoms with Gasteiger partial charge in [0.05, 0.1) is 6.61 Å². The molecule has 0 saturated heterocycles. The second-order valence-electron chi connectivity index (χ2n) is 3.61. The van der Waals surface area contributed by atoms with Crippen LogP contribution in [0, 0.1) is 6.92 Å². The summed E-state index contributed by atoms with van der Waals surface area (Å²) in [6, 6.07) is 9.38. The first-order chi connectivity index (χ1) is 8.22. The zero-order valence-corrected chi connectivity index (χ0v) is 9.77. The first-order valence-electron chi connectivity index (χ1n) is 5.42. The Bertz CT molecular complexity index is 531. The second-order valence-corrected chi connectivity index (χ2v) is 3.61. The lowest BCUT2D eigenvalue weighted by molar-refractivity contribution is 0.0480. The lowest BCUT2D eigenvalue weighted by Gasteiger charge is -1.99. The smallest absolute Gasteiger partial charge is 0.377 e. The van der Waals surface area contributed by atoms with Gasteiger partial charge >= 0.3 is 5.97 Å². The summed E-state index contributed by atoms with van der Waals surface area (Å²) in [6.07, 6.45) is 0. The van der Waals surface area contributed by atoms with Crippen molar-refractivity contribution >= 4 is 5.97 Å². The van der Waals surface area contributed by atoms with Gasteiger partial charge in [-0.2, -0.15) is 0 Å². The third kappa shape index (κ3) is 2.36. The van der Waals surface area contributed by atoms with Crippen LogP contribution < -0.4 is 0 Å². The van der Waals surface area contributed by atoms with E-state index in [2.05, 4.69) is 5.16 Å². The third-order valence-electron chi connectivity index (χ3n) is 2.41. The lowest BCUT2D eigenvalue weighted by atomic mass is 10.1. The van der Waals surface area contributed by atoms with E-state index < -0.39 is 5.97 Å². The number of esters is 1. The van der Waals surface area contributed by atoms with E-state index >= 15 is 0 Å². The molecule has 17 heavy (non-hydrogen) atoms. The van der Waals surface area contributed by atoms with Crippen LogP contribution in [0.15, 0.2) is 34.9 Å². The van der Waals surface area contributed by atoms with Crippen molar-refractivity contribution in [2.75, 3.05) is 6.61 Å².